The van der Waals surface area contributed by atoms with E-state index in [0.29, 0.717) is 31.3 Å². The Morgan fingerprint density at radius 3 is 2.55 bits per heavy atom. The Bertz CT molecular complexity index is 1400. The molecule has 2 aliphatic rings. The quantitative estimate of drug-likeness (QED) is 0.403. The molecule has 0 saturated carbocycles. The first-order valence-electron chi connectivity index (χ1n) is 13.1. The van der Waals surface area contributed by atoms with Gasteiger partial charge in [0.1, 0.15) is 5.82 Å². The molecule has 0 spiro atoms. The summed E-state index contributed by atoms with van der Waals surface area (Å²) in [6.07, 6.45) is 4.62. The molecule has 2 aliphatic heterocycles. The number of aromatic nitrogens is 5. The minimum absolute atomic E-state index is 0.174. The summed E-state index contributed by atoms with van der Waals surface area (Å²) in [5.74, 6) is 2.16. The number of fused-ring (bicyclic) bond motifs is 1. The minimum Gasteiger partial charge on any atom is -0.354 e. The molecule has 38 heavy (non-hydrogen) atoms. The van der Waals surface area contributed by atoms with Gasteiger partial charge >= 0.3 is 0 Å². The van der Waals surface area contributed by atoms with E-state index < -0.39 is 0 Å². The van der Waals surface area contributed by atoms with Gasteiger partial charge in [0.25, 0.3) is 5.89 Å². The summed E-state index contributed by atoms with van der Waals surface area (Å²) in [5.41, 5.74) is 4.05. The number of benzene rings is 1. The van der Waals surface area contributed by atoms with Crippen molar-refractivity contribution >= 4 is 11.7 Å². The average molecular weight is 513 g/mol. The first-order chi connectivity index (χ1) is 18.4. The van der Waals surface area contributed by atoms with Gasteiger partial charge in [0.05, 0.1) is 23.5 Å². The summed E-state index contributed by atoms with van der Waals surface area (Å²) >= 11 is 0. The molecule has 1 saturated heterocycles. The van der Waals surface area contributed by atoms with Crippen molar-refractivity contribution < 1.29 is 9.32 Å². The van der Waals surface area contributed by atoms with Gasteiger partial charge in [0.15, 0.2) is 5.82 Å². The van der Waals surface area contributed by atoms with Crippen molar-refractivity contribution in [3.63, 3.8) is 0 Å². The van der Waals surface area contributed by atoms with E-state index in [1.165, 1.54) is 0 Å². The first kappa shape index (κ1) is 24.3. The fraction of sp³-hybridized carbons (Fsp3) is 0.393. The zero-order valence-corrected chi connectivity index (χ0v) is 22.0. The van der Waals surface area contributed by atoms with Crippen molar-refractivity contribution in [1.82, 2.24) is 34.7 Å². The Morgan fingerprint density at radius 2 is 1.87 bits per heavy atom. The summed E-state index contributed by atoms with van der Waals surface area (Å²) in [5, 5.41) is 8.61. The van der Waals surface area contributed by atoms with Gasteiger partial charge < -0.3 is 14.3 Å². The van der Waals surface area contributed by atoms with Crippen LogP contribution in [0.3, 0.4) is 0 Å². The van der Waals surface area contributed by atoms with Crippen LogP contribution in [0.15, 0.2) is 59.4 Å². The number of nitrogens with zero attached hydrogens (tertiary/aromatic N) is 8. The molecule has 1 fully saturated rings. The van der Waals surface area contributed by atoms with Crippen LogP contribution in [0.1, 0.15) is 30.9 Å². The van der Waals surface area contributed by atoms with Gasteiger partial charge in [-0.25, -0.2) is 9.67 Å². The standard InChI is InChI=1S/C28H32N8O2/c1-19-14-34(26-10-9-22(13-29-26)28-30-21(3)32-38-28)15-20(2)35(19)18-27(37)33-12-11-25-23(16-33)17-36(31-25)24-7-5-4-6-8-24/h4-10,13,17,19-20H,11-12,14-16,18H2,1-3H3/t19-,20+. The summed E-state index contributed by atoms with van der Waals surface area (Å²) in [4.78, 5) is 28.9. The fourth-order valence-corrected chi connectivity index (χ4v) is 5.46. The van der Waals surface area contributed by atoms with Crippen LogP contribution in [0.2, 0.25) is 0 Å². The maximum Gasteiger partial charge on any atom is 0.259 e. The molecule has 196 valence electrons. The number of hydrogen-bond acceptors (Lipinski definition) is 8. The number of rotatable bonds is 5. The molecule has 0 N–H and O–H groups in total. The third-order valence-electron chi connectivity index (χ3n) is 7.50. The van der Waals surface area contributed by atoms with Gasteiger partial charge in [0, 0.05) is 62.6 Å². The number of aryl methyl sites for hydroxylation is 1. The number of carbonyl (C=O) groups is 1. The van der Waals surface area contributed by atoms with Crippen LogP contribution in [0.25, 0.3) is 17.1 Å². The lowest BCUT2D eigenvalue weighted by Crippen LogP contribution is -2.59. The van der Waals surface area contributed by atoms with Crippen LogP contribution in [-0.4, -0.2) is 78.9 Å². The number of para-hydroxylation sites is 1. The van der Waals surface area contributed by atoms with Gasteiger partial charge in [0.2, 0.25) is 5.91 Å². The Balaban J connectivity index is 1.08. The molecule has 3 aromatic heterocycles. The molecule has 0 radical (unpaired) electrons. The van der Waals surface area contributed by atoms with Crippen molar-refractivity contribution in [2.75, 3.05) is 31.1 Å². The predicted molar refractivity (Wildman–Crippen MR) is 143 cm³/mol. The van der Waals surface area contributed by atoms with E-state index in [2.05, 4.69) is 45.0 Å². The third-order valence-corrected chi connectivity index (χ3v) is 7.50. The topological polar surface area (TPSA) is 96.4 Å². The maximum atomic E-state index is 13.4. The average Bonchev–Trinajstić information content (AvgIpc) is 3.57. The molecule has 10 heteroatoms. The fourth-order valence-electron chi connectivity index (χ4n) is 5.46. The summed E-state index contributed by atoms with van der Waals surface area (Å²) in [7, 11) is 0. The largest absolute Gasteiger partial charge is 0.354 e. The zero-order valence-electron chi connectivity index (χ0n) is 22.0. The Labute approximate surface area is 221 Å². The molecule has 4 aromatic rings. The van der Waals surface area contributed by atoms with Crippen LogP contribution in [0, 0.1) is 6.92 Å². The number of anilines is 1. The second-order valence-electron chi connectivity index (χ2n) is 10.3. The Kier molecular flexibility index (Phi) is 6.40. The van der Waals surface area contributed by atoms with Gasteiger partial charge in [-0.05, 0) is 45.0 Å². The van der Waals surface area contributed by atoms with Crippen molar-refractivity contribution in [1.29, 1.82) is 0 Å². The van der Waals surface area contributed by atoms with E-state index in [-0.39, 0.29) is 18.0 Å². The maximum absolute atomic E-state index is 13.4. The van der Waals surface area contributed by atoms with Crippen molar-refractivity contribution in [2.24, 2.45) is 0 Å². The molecule has 5 heterocycles. The second kappa shape index (κ2) is 10.0. The van der Waals surface area contributed by atoms with E-state index in [1.807, 2.05) is 52.0 Å². The molecular weight excluding hydrogens is 480 g/mol. The number of pyridine rings is 1. The van der Waals surface area contributed by atoms with E-state index in [1.54, 1.807) is 13.1 Å². The van der Waals surface area contributed by atoms with Crippen LogP contribution in [0.5, 0.6) is 0 Å². The molecule has 6 rings (SSSR count). The van der Waals surface area contributed by atoms with Gasteiger partial charge in [-0.15, -0.1) is 0 Å². The highest BCUT2D eigenvalue weighted by molar-refractivity contribution is 5.78. The van der Waals surface area contributed by atoms with E-state index in [0.717, 1.165) is 47.8 Å². The van der Waals surface area contributed by atoms with Crippen LogP contribution in [0.4, 0.5) is 5.82 Å². The number of hydrogen-bond donors (Lipinski definition) is 0. The highest BCUT2D eigenvalue weighted by atomic mass is 16.5. The molecule has 0 bridgehead atoms. The molecular formula is C28H32N8O2. The Hall–Kier alpha value is -4.05. The highest BCUT2D eigenvalue weighted by Gasteiger charge is 2.33. The predicted octanol–water partition coefficient (Wildman–Crippen LogP) is 3.11. The van der Waals surface area contributed by atoms with Gasteiger partial charge in [-0.3, -0.25) is 9.69 Å². The van der Waals surface area contributed by atoms with E-state index in [9.17, 15) is 4.79 Å². The number of piperazine rings is 1. The van der Waals surface area contributed by atoms with Gasteiger partial charge in [-0.2, -0.15) is 10.1 Å². The van der Waals surface area contributed by atoms with Crippen LogP contribution in [-0.2, 0) is 17.8 Å². The molecule has 2 atom stereocenters. The lowest BCUT2D eigenvalue weighted by Gasteiger charge is -2.45. The SMILES string of the molecule is Cc1noc(-c2ccc(N3C[C@@H](C)N(CC(=O)N4CCc5nn(-c6ccccc6)cc5C4)[C@@H](C)C3)nc2)n1. The van der Waals surface area contributed by atoms with Crippen molar-refractivity contribution in [2.45, 2.75) is 45.8 Å². The molecule has 0 aliphatic carbocycles. The second-order valence-corrected chi connectivity index (χ2v) is 10.3. The van der Waals surface area contributed by atoms with Crippen LogP contribution >= 0.6 is 0 Å². The van der Waals surface area contributed by atoms with E-state index in [4.69, 9.17) is 9.62 Å². The molecule has 1 amide bonds. The minimum atomic E-state index is 0.174. The monoisotopic (exact) mass is 512 g/mol. The third kappa shape index (κ3) is 4.79. The zero-order chi connectivity index (χ0) is 26.2. The molecule has 1 aromatic carbocycles. The summed E-state index contributed by atoms with van der Waals surface area (Å²) in [6, 6.07) is 14.5. The lowest BCUT2D eigenvalue weighted by molar-refractivity contribution is -0.134. The summed E-state index contributed by atoms with van der Waals surface area (Å²) in [6.45, 7) is 9.50. The number of amides is 1. The summed E-state index contributed by atoms with van der Waals surface area (Å²) < 4.78 is 7.17. The highest BCUT2D eigenvalue weighted by Crippen LogP contribution is 2.25. The van der Waals surface area contributed by atoms with E-state index >= 15 is 0 Å². The van der Waals surface area contributed by atoms with Crippen molar-refractivity contribution in [3.05, 3.63) is 71.9 Å². The normalized spacial score (nSPS) is 20.0. The Morgan fingerprint density at radius 1 is 1.08 bits per heavy atom. The van der Waals surface area contributed by atoms with Gasteiger partial charge in [-0.1, -0.05) is 23.4 Å². The lowest BCUT2D eigenvalue weighted by atomic mass is 10.1. The molecule has 10 nitrogen and oxygen atoms in total. The molecule has 0 unspecified atom stereocenters. The smallest absolute Gasteiger partial charge is 0.259 e. The first-order valence-corrected chi connectivity index (χ1v) is 13.1. The van der Waals surface area contributed by atoms with Crippen molar-refractivity contribution in [3.8, 4) is 17.1 Å². The van der Waals surface area contributed by atoms with Crippen LogP contribution < -0.4 is 4.90 Å². The number of carbonyl (C=O) groups excluding carboxylic acids is 1.